The molecule has 2 aromatic rings. The van der Waals surface area contributed by atoms with E-state index in [0.29, 0.717) is 0 Å². The van der Waals surface area contributed by atoms with Gasteiger partial charge in [0.1, 0.15) is 22.9 Å². The third-order valence-corrected chi connectivity index (χ3v) is 3.21. The van der Waals surface area contributed by atoms with Gasteiger partial charge in [0.05, 0.1) is 0 Å². The monoisotopic (exact) mass is 241 g/mol. The van der Waals surface area contributed by atoms with E-state index in [-0.39, 0.29) is 0 Å². The van der Waals surface area contributed by atoms with Crippen LogP contribution in [0.2, 0.25) is 0 Å². The van der Waals surface area contributed by atoms with Crippen LogP contribution in [0.1, 0.15) is 19.4 Å². The molecule has 3 rings (SSSR count). The standard InChI is InChI=1S/C14H15N3O/c1-14(2)10-8-12(15-3)16-17-13(10)9-6-4-5-7-11(9)18-14/h4-8H,1-3H3,(H,15,16). The van der Waals surface area contributed by atoms with Crippen molar-refractivity contribution in [1.82, 2.24) is 10.2 Å². The third-order valence-electron chi connectivity index (χ3n) is 3.21. The number of anilines is 1. The van der Waals surface area contributed by atoms with Crippen molar-refractivity contribution >= 4 is 5.82 Å². The average molecular weight is 241 g/mol. The Morgan fingerprint density at radius 1 is 1.17 bits per heavy atom. The molecule has 1 aromatic carbocycles. The lowest BCUT2D eigenvalue weighted by atomic mass is 9.90. The fraction of sp³-hybridized carbons (Fsp3) is 0.286. The number of hydrogen-bond donors (Lipinski definition) is 1. The molecule has 18 heavy (non-hydrogen) atoms. The number of rotatable bonds is 1. The Hall–Kier alpha value is -2.10. The number of benzene rings is 1. The predicted molar refractivity (Wildman–Crippen MR) is 70.7 cm³/mol. The molecule has 0 atom stereocenters. The number of para-hydroxylation sites is 1. The van der Waals surface area contributed by atoms with E-state index in [0.717, 1.165) is 28.4 Å². The van der Waals surface area contributed by atoms with Gasteiger partial charge in [-0.15, -0.1) is 10.2 Å². The molecule has 0 fully saturated rings. The second-order valence-electron chi connectivity index (χ2n) is 4.85. The summed E-state index contributed by atoms with van der Waals surface area (Å²) in [5, 5.41) is 11.5. The second kappa shape index (κ2) is 3.70. The number of aromatic nitrogens is 2. The van der Waals surface area contributed by atoms with Crippen molar-refractivity contribution in [3.63, 3.8) is 0 Å². The molecule has 0 spiro atoms. The molecular formula is C14H15N3O. The van der Waals surface area contributed by atoms with Gasteiger partial charge in [0.15, 0.2) is 0 Å². The van der Waals surface area contributed by atoms with Crippen LogP contribution in [-0.4, -0.2) is 17.2 Å². The van der Waals surface area contributed by atoms with Crippen LogP contribution in [0.25, 0.3) is 11.3 Å². The van der Waals surface area contributed by atoms with Crippen LogP contribution in [0.3, 0.4) is 0 Å². The summed E-state index contributed by atoms with van der Waals surface area (Å²) >= 11 is 0. The SMILES string of the molecule is CNc1cc2c(nn1)-c1ccccc1OC2(C)C. The van der Waals surface area contributed by atoms with E-state index in [4.69, 9.17) is 4.74 Å². The van der Waals surface area contributed by atoms with Crippen molar-refractivity contribution in [2.24, 2.45) is 0 Å². The molecule has 2 heterocycles. The number of nitrogens with one attached hydrogen (secondary N) is 1. The zero-order valence-corrected chi connectivity index (χ0v) is 10.7. The molecule has 0 bridgehead atoms. The Kier molecular flexibility index (Phi) is 2.26. The summed E-state index contributed by atoms with van der Waals surface area (Å²) < 4.78 is 6.05. The zero-order chi connectivity index (χ0) is 12.8. The Morgan fingerprint density at radius 2 is 1.94 bits per heavy atom. The summed E-state index contributed by atoms with van der Waals surface area (Å²) in [6.45, 7) is 4.09. The minimum Gasteiger partial charge on any atom is -0.482 e. The van der Waals surface area contributed by atoms with Gasteiger partial charge in [0.25, 0.3) is 0 Å². The first-order chi connectivity index (χ1) is 8.62. The van der Waals surface area contributed by atoms with Gasteiger partial charge in [-0.3, -0.25) is 0 Å². The van der Waals surface area contributed by atoms with Crippen molar-refractivity contribution in [2.75, 3.05) is 12.4 Å². The molecule has 0 radical (unpaired) electrons. The molecule has 4 nitrogen and oxygen atoms in total. The Bertz CT molecular complexity index is 608. The summed E-state index contributed by atoms with van der Waals surface area (Å²) in [7, 11) is 1.83. The van der Waals surface area contributed by atoms with E-state index in [1.54, 1.807) is 0 Å². The normalized spacial score (nSPS) is 15.3. The van der Waals surface area contributed by atoms with Crippen molar-refractivity contribution in [2.45, 2.75) is 19.4 Å². The van der Waals surface area contributed by atoms with Crippen molar-refractivity contribution in [1.29, 1.82) is 0 Å². The number of ether oxygens (including phenoxy) is 1. The van der Waals surface area contributed by atoms with Crippen LogP contribution in [0.4, 0.5) is 5.82 Å². The molecule has 0 amide bonds. The lowest BCUT2D eigenvalue weighted by Crippen LogP contribution is -2.30. The van der Waals surface area contributed by atoms with E-state index in [2.05, 4.69) is 15.5 Å². The molecule has 1 aliphatic rings. The molecule has 1 N–H and O–H groups in total. The maximum atomic E-state index is 6.05. The Labute approximate surface area is 106 Å². The van der Waals surface area contributed by atoms with Crippen molar-refractivity contribution < 1.29 is 4.74 Å². The van der Waals surface area contributed by atoms with Crippen LogP contribution in [0, 0.1) is 0 Å². The predicted octanol–water partition coefficient (Wildman–Crippen LogP) is 2.81. The summed E-state index contributed by atoms with van der Waals surface area (Å²) in [5.74, 6) is 1.62. The maximum Gasteiger partial charge on any atom is 0.148 e. The van der Waals surface area contributed by atoms with Crippen molar-refractivity contribution in [3.8, 4) is 17.0 Å². The second-order valence-corrected chi connectivity index (χ2v) is 4.85. The molecule has 1 aliphatic heterocycles. The number of hydrogen-bond acceptors (Lipinski definition) is 4. The van der Waals surface area contributed by atoms with Gasteiger partial charge in [-0.1, -0.05) is 12.1 Å². The molecule has 0 aliphatic carbocycles. The zero-order valence-electron chi connectivity index (χ0n) is 10.7. The van der Waals surface area contributed by atoms with Gasteiger partial charge in [0, 0.05) is 18.2 Å². The van der Waals surface area contributed by atoms with Gasteiger partial charge in [-0.05, 0) is 32.0 Å². The lowest BCUT2D eigenvalue weighted by Gasteiger charge is -2.33. The average Bonchev–Trinajstić information content (AvgIpc) is 2.38. The van der Waals surface area contributed by atoms with E-state index in [1.807, 2.05) is 51.2 Å². The fourth-order valence-corrected chi connectivity index (χ4v) is 2.25. The minimum absolute atomic E-state index is 0.398. The highest BCUT2D eigenvalue weighted by Gasteiger charge is 2.34. The van der Waals surface area contributed by atoms with E-state index >= 15 is 0 Å². The topological polar surface area (TPSA) is 47.0 Å². The molecule has 0 saturated carbocycles. The van der Waals surface area contributed by atoms with E-state index < -0.39 is 5.60 Å². The first-order valence-electron chi connectivity index (χ1n) is 5.96. The smallest absolute Gasteiger partial charge is 0.148 e. The number of nitrogens with zero attached hydrogens (tertiary/aromatic N) is 2. The largest absolute Gasteiger partial charge is 0.482 e. The molecular weight excluding hydrogens is 226 g/mol. The maximum absolute atomic E-state index is 6.05. The summed E-state index contributed by atoms with van der Waals surface area (Å²) in [6.07, 6.45) is 0. The Morgan fingerprint density at radius 3 is 2.72 bits per heavy atom. The highest BCUT2D eigenvalue weighted by atomic mass is 16.5. The van der Waals surface area contributed by atoms with Crippen molar-refractivity contribution in [3.05, 3.63) is 35.9 Å². The minimum atomic E-state index is -0.398. The highest BCUT2D eigenvalue weighted by molar-refractivity contribution is 5.73. The van der Waals surface area contributed by atoms with Crippen LogP contribution in [-0.2, 0) is 5.60 Å². The Balaban J connectivity index is 2.28. The van der Waals surface area contributed by atoms with Gasteiger partial charge >= 0.3 is 0 Å². The molecule has 4 heteroatoms. The first-order valence-corrected chi connectivity index (χ1v) is 5.96. The highest BCUT2D eigenvalue weighted by Crippen LogP contribution is 2.43. The molecule has 92 valence electrons. The third kappa shape index (κ3) is 1.53. The van der Waals surface area contributed by atoms with Crippen LogP contribution >= 0.6 is 0 Å². The van der Waals surface area contributed by atoms with Crippen LogP contribution in [0.5, 0.6) is 5.75 Å². The van der Waals surface area contributed by atoms with Crippen LogP contribution in [0.15, 0.2) is 30.3 Å². The van der Waals surface area contributed by atoms with Gasteiger partial charge in [-0.25, -0.2) is 0 Å². The van der Waals surface area contributed by atoms with E-state index in [9.17, 15) is 0 Å². The first kappa shape index (κ1) is 11.0. The lowest BCUT2D eigenvalue weighted by molar-refractivity contribution is 0.105. The molecule has 0 unspecified atom stereocenters. The van der Waals surface area contributed by atoms with Gasteiger partial charge in [0.2, 0.25) is 0 Å². The van der Waals surface area contributed by atoms with E-state index in [1.165, 1.54) is 0 Å². The quantitative estimate of drug-likeness (QED) is 0.834. The number of fused-ring (bicyclic) bond motifs is 3. The molecule has 1 aromatic heterocycles. The summed E-state index contributed by atoms with van der Waals surface area (Å²) in [5.41, 5.74) is 2.56. The van der Waals surface area contributed by atoms with Crippen LogP contribution < -0.4 is 10.1 Å². The molecule has 0 saturated heterocycles. The summed E-state index contributed by atoms with van der Waals surface area (Å²) in [6, 6.07) is 9.93. The van der Waals surface area contributed by atoms with Gasteiger partial charge < -0.3 is 10.1 Å². The van der Waals surface area contributed by atoms with Gasteiger partial charge in [-0.2, -0.15) is 0 Å². The summed E-state index contributed by atoms with van der Waals surface area (Å²) in [4.78, 5) is 0. The fourth-order valence-electron chi connectivity index (χ4n) is 2.25.